The monoisotopic (exact) mass is 222 g/mol. The fraction of sp³-hybridized carbons (Fsp3) is 0.667. The van der Waals surface area contributed by atoms with Crippen LogP contribution >= 0.6 is 0 Å². The van der Waals surface area contributed by atoms with Crippen LogP contribution in [0.4, 0.5) is 0 Å². The Labute approximate surface area is 101 Å². The van der Waals surface area contributed by atoms with Gasteiger partial charge in [-0.2, -0.15) is 0 Å². The first kappa shape index (κ1) is 15.2. The molecule has 0 N–H and O–H groups in total. The lowest BCUT2D eigenvalue weighted by atomic mass is 10.1. The van der Waals surface area contributed by atoms with Crippen LogP contribution in [0.3, 0.4) is 0 Å². The Morgan fingerprint density at radius 1 is 1.00 bits per heavy atom. The maximum atomic E-state index is 11.1. The van der Waals surface area contributed by atoms with Crippen LogP contribution in [-0.2, 0) is 4.79 Å². The van der Waals surface area contributed by atoms with Gasteiger partial charge in [-0.15, -0.1) is 0 Å². The highest BCUT2D eigenvalue weighted by Gasteiger charge is 1.98. The number of rotatable bonds is 8. The summed E-state index contributed by atoms with van der Waals surface area (Å²) in [7, 11) is 0. The van der Waals surface area contributed by atoms with Crippen LogP contribution in [0.1, 0.15) is 66.2 Å². The molecule has 0 amide bonds. The largest absolute Gasteiger partial charge is 0.295 e. The molecule has 92 valence electrons. The van der Waals surface area contributed by atoms with E-state index in [0.29, 0.717) is 0 Å². The molecule has 0 fully saturated rings. The van der Waals surface area contributed by atoms with E-state index < -0.39 is 0 Å². The van der Waals surface area contributed by atoms with Gasteiger partial charge in [0.05, 0.1) is 0 Å². The zero-order valence-electron chi connectivity index (χ0n) is 11.3. The van der Waals surface area contributed by atoms with E-state index in [4.69, 9.17) is 0 Å². The summed E-state index contributed by atoms with van der Waals surface area (Å²) in [5, 5.41) is 0. The van der Waals surface area contributed by atoms with Gasteiger partial charge in [-0.1, -0.05) is 44.8 Å². The molecule has 0 radical (unpaired) electrons. The molecule has 0 aromatic carbocycles. The van der Waals surface area contributed by atoms with E-state index >= 15 is 0 Å². The molecule has 0 saturated heterocycles. The maximum absolute atomic E-state index is 11.1. The van der Waals surface area contributed by atoms with Crippen LogP contribution in [0.5, 0.6) is 0 Å². The summed E-state index contributed by atoms with van der Waals surface area (Å²) >= 11 is 0. The Morgan fingerprint density at radius 3 is 2.19 bits per heavy atom. The van der Waals surface area contributed by atoms with Crippen molar-refractivity contribution in [1.29, 1.82) is 0 Å². The SMILES string of the molecule is CCCCCCCC=CC(C)=C(C)C(C)=O. The fourth-order valence-electron chi connectivity index (χ4n) is 1.53. The molecule has 0 unspecified atom stereocenters. The van der Waals surface area contributed by atoms with Crippen molar-refractivity contribution in [2.75, 3.05) is 0 Å². The lowest BCUT2D eigenvalue weighted by Crippen LogP contribution is -1.93. The Bertz CT molecular complexity index is 259. The third-order valence-corrected chi connectivity index (χ3v) is 2.96. The van der Waals surface area contributed by atoms with E-state index in [1.165, 1.54) is 32.1 Å². The molecule has 0 heterocycles. The Hall–Kier alpha value is -0.850. The molecule has 0 saturated carbocycles. The van der Waals surface area contributed by atoms with Crippen molar-refractivity contribution in [3.63, 3.8) is 0 Å². The van der Waals surface area contributed by atoms with Gasteiger partial charge in [0.25, 0.3) is 0 Å². The first-order chi connectivity index (χ1) is 7.59. The molecule has 1 nitrogen and oxygen atoms in total. The second-order valence-corrected chi connectivity index (χ2v) is 4.47. The zero-order chi connectivity index (χ0) is 12.4. The Morgan fingerprint density at radius 2 is 1.62 bits per heavy atom. The standard InChI is InChI=1S/C15H26O/c1-5-6-7-8-9-10-11-12-13(2)14(3)15(4)16/h11-12H,5-10H2,1-4H3. The van der Waals surface area contributed by atoms with Gasteiger partial charge in [-0.25, -0.2) is 0 Å². The van der Waals surface area contributed by atoms with Crippen molar-refractivity contribution in [2.24, 2.45) is 0 Å². The first-order valence-electron chi connectivity index (χ1n) is 6.44. The fourth-order valence-corrected chi connectivity index (χ4v) is 1.53. The summed E-state index contributed by atoms with van der Waals surface area (Å²) in [6.07, 6.45) is 12.0. The summed E-state index contributed by atoms with van der Waals surface area (Å²) < 4.78 is 0. The lowest BCUT2D eigenvalue weighted by molar-refractivity contribution is -0.113. The molecule has 0 atom stereocenters. The minimum atomic E-state index is 0.171. The number of carbonyl (C=O) groups excluding carboxylic acids is 1. The Balaban J connectivity index is 3.76. The second-order valence-electron chi connectivity index (χ2n) is 4.47. The number of unbranched alkanes of at least 4 members (excludes halogenated alkanes) is 5. The van der Waals surface area contributed by atoms with Crippen molar-refractivity contribution >= 4 is 5.78 Å². The zero-order valence-corrected chi connectivity index (χ0v) is 11.3. The van der Waals surface area contributed by atoms with Crippen LogP contribution < -0.4 is 0 Å². The molecule has 0 aliphatic rings. The van der Waals surface area contributed by atoms with E-state index in [1.807, 2.05) is 13.8 Å². The normalized spacial score (nSPS) is 13.0. The molecule has 1 heteroatoms. The summed E-state index contributed by atoms with van der Waals surface area (Å²) in [5.74, 6) is 0.171. The summed E-state index contributed by atoms with van der Waals surface area (Å²) in [6.45, 7) is 7.75. The Kier molecular flexibility index (Phi) is 8.88. The topological polar surface area (TPSA) is 17.1 Å². The lowest BCUT2D eigenvalue weighted by Gasteiger charge is -1.99. The van der Waals surface area contributed by atoms with Gasteiger partial charge in [0.2, 0.25) is 0 Å². The maximum Gasteiger partial charge on any atom is 0.155 e. The molecule has 16 heavy (non-hydrogen) atoms. The van der Waals surface area contributed by atoms with Gasteiger partial charge in [-0.3, -0.25) is 4.79 Å². The van der Waals surface area contributed by atoms with E-state index in [0.717, 1.165) is 17.6 Å². The predicted octanol–water partition coefficient (Wildman–Crippen LogP) is 4.83. The number of hydrogen-bond acceptors (Lipinski definition) is 1. The number of hydrogen-bond donors (Lipinski definition) is 0. The van der Waals surface area contributed by atoms with E-state index in [1.54, 1.807) is 6.92 Å². The highest BCUT2D eigenvalue weighted by Crippen LogP contribution is 2.09. The van der Waals surface area contributed by atoms with E-state index in [-0.39, 0.29) is 5.78 Å². The first-order valence-corrected chi connectivity index (χ1v) is 6.44. The molecule has 0 aromatic heterocycles. The molecule has 0 aliphatic carbocycles. The molecule has 0 aliphatic heterocycles. The van der Waals surface area contributed by atoms with Crippen molar-refractivity contribution in [2.45, 2.75) is 66.2 Å². The van der Waals surface area contributed by atoms with Crippen LogP contribution in [0.25, 0.3) is 0 Å². The number of carbonyl (C=O) groups is 1. The van der Waals surface area contributed by atoms with E-state index in [2.05, 4.69) is 19.1 Å². The van der Waals surface area contributed by atoms with Crippen molar-refractivity contribution in [3.05, 3.63) is 23.3 Å². The van der Waals surface area contributed by atoms with Crippen LogP contribution in [0.15, 0.2) is 23.3 Å². The van der Waals surface area contributed by atoms with Gasteiger partial charge < -0.3 is 0 Å². The highest BCUT2D eigenvalue weighted by molar-refractivity contribution is 5.93. The molecule has 0 aromatic rings. The average Bonchev–Trinajstić information content (AvgIpc) is 2.26. The molecular formula is C15H26O. The molecule has 0 rings (SSSR count). The van der Waals surface area contributed by atoms with Gasteiger partial charge in [-0.05, 0) is 44.8 Å². The average molecular weight is 222 g/mol. The van der Waals surface area contributed by atoms with Crippen LogP contribution in [0, 0.1) is 0 Å². The third kappa shape index (κ3) is 7.44. The van der Waals surface area contributed by atoms with Crippen LogP contribution in [0.2, 0.25) is 0 Å². The van der Waals surface area contributed by atoms with Crippen molar-refractivity contribution < 1.29 is 4.79 Å². The van der Waals surface area contributed by atoms with Gasteiger partial charge in [0.15, 0.2) is 5.78 Å². The van der Waals surface area contributed by atoms with Gasteiger partial charge in [0, 0.05) is 0 Å². The quantitative estimate of drug-likeness (QED) is 0.326. The van der Waals surface area contributed by atoms with Gasteiger partial charge in [0.1, 0.15) is 0 Å². The van der Waals surface area contributed by atoms with E-state index in [9.17, 15) is 4.79 Å². The van der Waals surface area contributed by atoms with Crippen molar-refractivity contribution in [3.8, 4) is 0 Å². The minimum absolute atomic E-state index is 0.171. The summed E-state index contributed by atoms with van der Waals surface area (Å²) in [5.41, 5.74) is 1.98. The number of allylic oxidation sites excluding steroid dienone is 4. The van der Waals surface area contributed by atoms with Crippen LogP contribution in [-0.4, -0.2) is 5.78 Å². The minimum Gasteiger partial charge on any atom is -0.295 e. The van der Waals surface area contributed by atoms with Gasteiger partial charge >= 0.3 is 0 Å². The molecule has 0 spiro atoms. The summed E-state index contributed by atoms with van der Waals surface area (Å²) in [6, 6.07) is 0. The molecule has 0 bridgehead atoms. The number of Topliss-reactive ketones (excluding diaryl/α,β-unsaturated/α-hetero) is 1. The summed E-state index contributed by atoms with van der Waals surface area (Å²) in [4.78, 5) is 11.1. The smallest absolute Gasteiger partial charge is 0.155 e. The predicted molar refractivity (Wildman–Crippen MR) is 71.6 cm³/mol. The highest BCUT2D eigenvalue weighted by atomic mass is 16.1. The second kappa shape index (κ2) is 9.38. The number of ketones is 1. The third-order valence-electron chi connectivity index (χ3n) is 2.96. The van der Waals surface area contributed by atoms with Crippen molar-refractivity contribution in [1.82, 2.24) is 0 Å². The molecular weight excluding hydrogens is 196 g/mol.